The summed E-state index contributed by atoms with van der Waals surface area (Å²) < 4.78 is 0. The predicted octanol–water partition coefficient (Wildman–Crippen LogP) is 2.91. The zero-order valence-electron chi connectivity index (χ0n) is 14.9. The molecule has 0 aliphatic carbocycles. The number of carbonyl (C=O) groups excluding carboxylic acids is 1. The van der Waals surface area contributed by atoms with E-state index in [0.29, 0.717) is 18.0 Å². The maximum absolute atomic E-state index is 12.2. The first-order valence-electron chi connectivity index (χ1n) is 8.94. The summed E-state index contributed by atoms with van der Waals surface area (Å²) in [5, 5.41) is 11.8. The average Bonchev–Trinajstić information content (AvgIpc) is 3.10. The first-order chi connectivity index (χ1) is 12.5. The number of amides is 1. The minimum atomic E-state index is -0.991. The molecule has 0 bridgehead atoms. The lowest BCUT2D eigenvalue weighted by Crippen LogP contribution is -2.33. The third-order valence-electron chi connectivity index (χ3n) is 5.01. The molecule has 1 heterocycles. The molecule has 1 fully saturated rings. The van der Waals surface area contributed by atoms with E-state index in [1.807, 2.05) is 0 Å². The Kier molecular flexibility index (Phi) is 5.68. The predicted molar refractivity (Wildman–Crippen MR) is 101 cm³/mol. The van der Waals surface area contributed by atoms with Crippen molar-refractivity contribution >= 4 is 11.9 Å². The molecular formula is C21H24N2O3. The summed E-state index contributed by atoms with van der Waals surface area (Å²) in [6.45, 7) is 5.63. The third-order valence-corrected chi connectivity index (χ3v) is 5.01. The zero-order valence-corrected chi connectivity index (χ0v) is 14.9. The monoisotopic (exact) mass is 352 g/mol. The number of benzene rings is 2. The van der Waals surface area contributed by atoms with Gasteiger partial charge in [-0.05, 0) is 61.2 Å². The Hall–Kier alpha value is -2.66. The van der Waals surface area contributed by atoms with Gasteiger partial charge in [0.2, 0.25) is 0 Å². The van der Waals surface area contributed by atoms with Crippen LogP contribution in [-0.4, -0.2) is 48.1 Å². The Morgan fingerprint density at radius 2 is 1.81 bits per heavy atom. The second-order valence-electron chi connectivity index (χ2n) is 6.78. The smallest absolute Gasteiger partial charge is 0.335 e. The summed E-state index contributed by atoms with van der Waals surface area (Å²) in [7, 11) is 0. The van der Waals surface area contributed by atoms with Gasteiger partial charge in [0.15, 0.2) is 0 Å². The van der Waals surface area contributed by atoms with Gasteiger partial charge in [-0.3, -0.25) is 4.79 Å². The Balaban J connectivity index is 1.46. The lowest BCUT2D eigenvalue weighted by atomic mass is 9.94. The van der Waals surface area contributed by atoms with Crippen molar-refractivity contribution in [2.45, 2.75) is 19.3 Å². The number of aromatic carboxylic acids is 1. The molecule has 26 heavy (non-hydrogen) atoms. The molecular weight excluding hydrogens is 328 g/mol. The first-order valence-corrected chi connectivity index (χ1v) is 8.94. The van der Waals surface area contributed by atoms with Crippen molar-refractivity contribution in [3.8, 4) is 0 Å². The van der Waals surface area contributed by atoms with Crippen LogP contribution >= 0.6 is 0 Å². The zero-order chi connectivity index (χ0) is 18.5. The molecule has 2 aromatic carbocycles. The van der Waals surface area contributed by atoms with E-state index >= 15 is 0 Å². The fourth-order valence-corrected chi connectivity index (χ4v) is 3.53. The van der Waals surface area contributed by atoms with Gasteiger partial charge < -0.3 is 15.3 Å². The Labute approximate surface area is 153 Å². The summed E-state index contributed by atoms with van der Waals surface area (Å²) >= 11 is 0. The van der Waals surface area contributed by atoms with E-state index in [9.17, 15) is 9.59 Å². The lowest BCUT2D eigenvalue weighted by Gasteiger charge is -2.17. The number of hydrogen-bond acceptors (Lipinski definition) is 3. The molecule has 136 valence electrons. The van der Waals surface area contributed by atoms with Gasteiger partial charge in [0, 0.05) is 25.2 Å². The molecule has 5 nitrogen and oxygen atoms in total. The molecule has 1 saturated heterocycles. The van der Waals surface area contributed by atoms with Gasteiger partial charge in [0.05, 0.1) is 5.56 Å². The molecule has 0 radical (unpaired) electrons. The van der Waals surface area contributed by atoms with Crippen LogP contribution in [0.3, 0.4) is 0 Å². The molecule has 0 unspecified atom stereocenters. The molecule has 2 aromatic rings. The molecule has 1 aliphatic rings. The summed E-state index contributed by atoms with van der Waals surface area (Å²) in [6, 6.07) is 14.5. The van der Waals surface area contributed by atoms with E-state index in [2.05, 4.69) is 41.4 Å². The quantitative estimate of drug-likeness (QED) is 0.839. The largest absolute Gasteiger partial charge is 0.478 e. The maximum Gasteiger partial charge on any atom is 0.335 e. The van der Waals surface area contributed by atoms with E-state index in [0.717, 1.165) is 26.1 Å². The number of nitrogens with zero attached hydrogens (tertiary/aromatic N) is 1. The average molecular weight is 352 g/mol. The molecule has 0 spiro atoms. The van der Waals surface area contributed by atoms with Crippen LogP contribution in [0.4, 0.5) is 0 Å². The van der Waals surface area contributed by atoms with Gasteiger partial charge >= 0.3 is 5.97 Å². The van der Waals surface area contributed by atoms with E-state index in [1.54, 1.807) is 12.1 Å². The summed E-state index contributed by atoms with van der Waals surface area (Å²) in [6.07, 6.45) is 1.15. The number of rotatable bonds is 6. The second kappa shape index (κ2) is 8.15. The molecule has 1 amide bonds. The van der Waals surface area contributed by atoms with E-state index in [4.69, 9.17) is 5.11 Å². The van der Waals surface area contributed by atoms with Crippen LogP contribution in [0.15, 0.2) is 48.5 Å². The molecule has 0 aromatic heterocycles. The fraction of sp³-hybridized carbons (Fsp3) is 0.333. The maximum atomic E-state index is 12.2. The molecule has 1 aliphatic heterocycles. The van der Waals surface area contributed by atoms with Crippen LogP contribution in [0.1, 0.15) is 44.2 Å². The minimum Gasteiger partial charge on any atom is -0.478 e. The Bertz CT molecular complexity index is 786. The molecule has 1 atom stereocenters. The number of carbonyl (C=O) groups is 2. The van der Waals surface area contributed by atoms with Crippen LogP contribution in [0, 0.1) is 6.92 Å². The number of carboxylic acid groups (broad SMARTS) is 1. The summed E-state index contributed by atoms with van der Waals surface area (Å²) in [5.41, 5.74) is 3.44. The Morgan fingerprint density at radius 1 is 1.12 bits per heavy atom. The second-order valence-corrected chi connectivity index (χ2v) is 6.78. The van der Waals surface area contributed by atoms with Crippen LogP contribution in [0.5, 0.6) is 0 Å². The highest BCUT2D eigenvalue weighted by Crippen LogP contribution is 2.28. The fourth-order valence-electron chi connectivity index (χ4n) is 3.53. The number of carboxylic acids is 1. The van der Waals surface area contributed by atoms with Gasteiger partial charge in [-0.15, -0.1) is 0 Å². The molecule has 3 rings (SSSR count). The van der Waals surface area contributed by atoms with Crippen molar-refractivity contribution in [3.63, 3.8) is 0 Å². The number of aryl methyl sites for hydroxylation is 1. The SMILES string of the molecule is Cc1ccccc1[C@@H]1CCN(CCNC(=O)c2ccc(C(=O)O)cc2)C1. The summed E-state index contributed by atoms with van der Waals surface area (Å²) in [5.74, 6) is -0.596. The van der Waals surface area contributed by atoms with E-state index in [-0.39, 0.29) is 11.5 Å². The standard InChI is InChI=1S/C21H24N2O3/c1-15-4-2-3-5-19(15)18-10-12-23(14-18)13-11-22-20(24)16-6-8-17(9-7-16)21(25)26/h2-9,18H,10-14H2,1H3,(H,22,24)(H,25,26)/t18-/m1/s1. The van der Waals surface area contributed by atoms with E-state index in [1.165, 1.54) is 23.3 Å². The normalized spacial score (nSPS) is 17.2. The van der Waals surface area contributed by atoms with E-state index < -0.39 is 5.97 Å². The van der Waals surface area contributed by atoms with Crippen LogP contribution in [0.25, 0.3) is 0 Å². The number of hydrogen-bond donors (Lipinski definition) is 2. The van der Waals surface area contributed by atoms with Crippen molar-refractivity contribution in [2.75, 3.05) is 26.2 Å². The van der Waals surface area contributed by atoms with Gasteiger partial charge in [-0.1, -0.05) is 24.3 Å². The highest BCUT2D eigenvalue weighted by atomic mass is 16.4. The number of likely N-dealkylation sites (tertiary alicyclic amines) is 1. The van der Waals surface area contributed by atoms with Crippen LogP contribution < -0.4 is 5.32 Å². The molecule has 2 N–H and O–H groups in total. The number of nitrogens with one attached hydrogen (secondary N) is 1. The minimum absolute atomic E-state index is 0.170. The third kappa shape index (κ3) is 4.29. The van der Waals surface area contributed by atoms with Crippen molar-refractivity contribution in [2.24, 2.45) is 0 Å². The topological polar surface area (TPSA) is 69.6 Å². The highest BCUT2D eigenvalue weighted by Gasteiger charge is 2.24. The van der Waals surface area contributed by atoms with Crippen LogP contribution in [0.2, 0.25) is 0 Å². The van der Waals surface area contributed by atoms with Crippen molar-refractivity contribution in [1.82, 2.24) is 10.2 Å². The summed E-state index contributed by atoms with van der Waals surface area (Å²) in [4.78, 5) is 25.4. The Morgan fingerprint density at radius 3 is 2.50 bits per heavy atom. The van der Waals surface area contributed by atoms with Crippen molar-refractivity contribution in [1.29, 1.82) is 0 Å². The van der Waals surface area contributed by atoms with Gasteiger partial charge in [-0.2, -0.15) is 0 Å². The lowest BCUT2D eigenvalue weighted by molar-refractivity contribution is 0.0696. The first kappa shape index (κ1) is 18.1. The van der Waals surface area contributed by atoms with Crippen LogP contribution in [-0.2, 0) is 0 Å². The van der Waals surface area contributed by atoms with Crippen molar-refractivity contribution < 1.29 is 14.7 Å². The van der Waals surface area contributed by atoms with Gasteiger partial charge in [0.1, 0.15) is 0 Å². The highest BCUT2D eigenvalue weighted by molar-refractivity contribution is 5.95. The van der Waals surface area contributed by atoms with Gasteiger partial charge in [0.25, 0.3) is 5.91 Å². The van der Waals surface area contributed by atoms with Gasteiger partial charge in [-0.25, -0.2) is 4.79 Å². The molecule has 0 saturated carbocycles. The molecule has 5 heteroatoms. The van der Waals surface area contributed by atoms with Crippen molar-refractivity contribution in [3.05, 3.63) is 70.8 Å².